The molecule has 2 rings (SSSR count). The largest absolute Gasteiger partial charge is 0.244 e. The van der Waals surface area contributed by atoms with Crippen LogP contribution in [0.5, 0.6) is 0 Å². The molecule has 0 aliphatic carbocycles. The standard InChI is InChI=1S/C11H14ClNO2S2/c1-8-6-11(9(2)5-10(8)12)17(14,15)13-3-4-16-7-13/h5-6H,3-4,7H2,1-2H3. The Morgan fingerprint density at radius 2 is 2.00 bits per heavy atom. The number of hydrogen-bond donors (Lipinski definition) is 0. The summed E-state index contributed by atoms with van der Waals surface area (Å²) in [7, 11) is -3.35. The molecule has 0 N–H and O–H groups in total. The summed E-state index contributed by atoms with van der Waals surface area (Å²) in [5.74, 6) is 1.41. The first-order valence-electron chi connectivity index (χ1n) is 5.27. The molecule has 0 amide bonds. The van der Waals surface area contributed by atoms with Crippen LogP contribution in [-0.4, -0.2) is 30.9 Å². The van der Waals surface area contributed by atoms with Gasteiger partial charge in [-0.1, -0.05) is 11.6 Å². The summed E-state index contributed by atoms with van der Waals surface area (Å²) in [6.45, 7) is 4.19. The van der Waals surface area contributed by atoms with Crippen LogP contribution >= 0.6 is 23.4 Å². The first kappa shape index (κ1) is 13.2. The summed E-state index contributed by atoms with van der Waals surface area (Å²) in [5.41, 5.74) is 1.50. The van der Waals surface area contributed by atoms with Gasteiger partial charge in [0.1, 0.15) is 0 Å². The van der Waals surface area contributed by atoms with Crippen molar-refractivity contribution in [3.63, 3.8) is 0 Å². The molecule has 1 aliphatic rings. The fourth-order valence-electron chi connectivity index (χ4n) is 1.76. The maximum absolute atomic E-state index is 12.4. The third-order valence-corrected chi connectivity index (χ3v) is 6.32. The predicted octanol–water partition coefficient (Wildman–Crippen LogP) is 2.65. The van der Waals surface area contributed by atoms with Gasteiger partial charge in [0.05, 0.1) is 10.8 Å². The average Bonchev–Trinajstić information content (AvgIpc) is 2.77. The summed E-state index contributed by atoms with van der Waals surface area (Å²) in [6.07, 6.45) is 0. The van der Waals surface area contributed by atoms with Crippen molar-refractivity contribution >= 4 is 33.4 Å². The Labute approximate surface area is 111 Å². The monoisotopic (exact) mass is 291 g/mol. The number of aryl methyl sites for hydroxylation is 2. The number of rotatable bonds is 2. The Bertz CT molecular complexity index is 537. The molecule has 0 aromatic heterocycles. The minimum absolute atomic E-state index is 0.377. The first-order chi connectivity index (χ1) is 7.93. The van der Waals surface area contributed by atoms with Gasteiger partial charge < -0.3 is 0 Å². The SMILES string of the molecule is Cc1cc(S(=O)(=O)N2CCSC2)c(C)cc1Cl. The van der Waals surface area contributed by atoms with Gasteiger partial charge in [-0.15, -0.1) is 11.8 Å². The fourth-order valence-corrected chi connectivity index (χ4v) is 5.08. The van der Waals surface area contributed by atoms with E-state index < -0.39 is 10.0 Å². The van der Waals surface area contributed by atoms with Crippen molar-refractivity contribution in [1.29, 1.82) is 0 Å². The summed E-state index contributed by atoms with van der Waals surface area (Å²) in [4.78, 5) is 0.377. The Hall–Kier alpha value is -0.230. The van der Waals surface area contributed by atoms with E-state index in [4.69, 9.17) is 11.6 Å². The van der Waals surface area contributed by atoms with Crippen molar-refractivity contribution in [3.8, 4) is 0 Å². The molecule has 0 radical (unpaired) electrons. The van der Waals surface area contributed by atoms with Crippen LogP contribution in [0.1, 0.15) is 11.1 Å². The van der Waals surface area contributed by atoms with Gasteiger partial charge in [-0.05, 0) is 37.1 Å². The predicted molar refractivity (Wildman–Crippen MR) is 72.1 cm³/mol. The molecule has 6 heteroatoms. The molecule has 0 bridgehead atoms. The van der Waals surface area contributed by atoms with Crippen LogP contribution in [0.15, 0.2) is 17.0 Å². The fraction of sp³-hybridized carbons (Fsp3) is 0.455. The van der Waals surface area contributed by atoms with Crippen LogP contribution in [0, 0.1) is 13.8 Å². The molecule has 1 aromatic rings. The van der Waals surface area contributed by atoms with Crippen LogP contribution in [0.3, 0.4) is 0 Å². The van der Waals surface area contributed by atoms with Gasteiger partial charge in [-0.3, -0.25) is 0 Å². The molecule has 0 atom stereocenters. The van der Waals surface area contributed by atoms with Crippen molar-refractivity contribution in [2.24, 2.45) is 0 Å². The lowest BCUT2D eigenvalue weighted by molar-refractivity contribution is 0.489. The number of halogens is 1. The van der Waals surface area contributed by atoms with Gasteiger partial charge in [0.15, 0.2) is 0 Å². The minimum atomic E-state index is -3.35. The lowest BCUT2D eigenvalue weighted by Crippen LogP contribution is -2.28. The second kappa shape index (κ2) is 4.80. The Balaban J connectivity index is 2.49. The zero-order valence-electron chi connectivity index (χ0n) is 9.73. The van der Waals surface area contributed by atoms with E-state index in [9.17, 15) is 8.42 Å². The zero-order valence-corrected chi connectivity index (χ0v) is 12.1. The zero-order chi connectivity index (χ0) is 12.6. The van der Waals surface area contributed by atoms with Gasteiger partial charge >= 0.3 is 0 Å². The number of hydrogen-bond acceptors (Lipinski definition) is 3. The topological polar surface area (TPSA) is 37.4 Å². The second-order valence-electron chi connectivity index (χ2n) is 4.08. The molecule has 1 aliphatic heterocycles. The number of benzene rings is 1. The molecule has 1 fully saturated rings. The van der Waals surface area contributed by atoms with E-state index in [1.807, 2.05) is 6.92 Å². The molecule has 1 aromatic carbocycles. The highest BCUT2D eigenvalue weighted by Gasteiger charge is 2.29. The van der Waals surface area contributed by atoms with Crippen molar-refractivity contribution in [2.75, 3.05) is 18.2 Å². The molecule has 17 heavy (non-hydrogen) atoms. The molecule has 0 spiro atoms. The van der Waals surface area contributed by atoms with Crippen molar-refractivity contribution in [3.05, 3.63) is 28.3 Å². The normalized spacial score (nSPS) is 17.6. The smallest absolute Gasteiger partial charge is 0.207 e. The maximum atomic E-state index is 12.4. The van der Waals surface area contributed by atoms with Crippen LogP contribution in [-0.2, 0) is 10.0 Å². The van der Waals surface area contributed by atoms with Gasteiger partial charge in [-0.25, -0.2) is 8.42 Å². The van der Waals surface area contributed by atoms with Crippen LogP contribution in [0.25, 0.3) is 0 Å². The summed E-state index contributed by atoms with van der Waals surface area (Å²) in [5, 5.41) is 0.609. The van der Waals surface area contributed by atoms with E-state index in [0.717, 1.165) is 11.3 Å². The molecular formula is C11H14ClNO2S2. The summed E-state index contributed by atoms with van der Waals surface area (Å²) < 4.78 is 26.3. The van der Waals surface area contributed by atoms with E-state index in [1.165, 1.54) is 4.31 Å². The van der Waals surface area contributed by atoms with Gasteiger partial charge in [0.2, 0.25) is 10.0 Å². The van der Waals surface area contributed by atoms with E-state index in [2.05, 4.69) is 0 Å². The first-order valence-corrected chi connectivity index (χ1v) is 8.25. The van der Waals surface area contributed by atoms with Crippen molar-refractivity contribution < 1.29 is 8.42 Å². The lowest BCUT2D eigenvalue weighted by atomic mass is 10.2. The van der Waals surface area contributed by atoms with E-state index in [0.29, 0.717) is 27.9 Å². The lowest BCUT2D eigenvalue weighted by Gasteiger charge is -2.17. The molecule has 94 valence electrons. The van der Waals surface area contributed by atoms with Crippen molar-refractivity contribution in [2.45, 2.75) is 18.7 Å². The number of thioether (sulfide) groups is 1. The van der Waals surface area contributed by atoms with E-state index in [1.54, 1.807) is 30.8 Å². The molecule has 0 saturated carbocycles. The summed E-state index contributed by atoms with van der Waals surface area (Å²) in [6, 6.07) is 3.38. The third kappa shape index (κ3) is 2.47. The number of nitrogens with zero attached hydrogens (tertiary/aromatic N) is 1. The Kier molecular flexibility index (Phi) is 3.73. The Morgan fingerprint density at radius 1 is 1.29 bits per heavy atom. The molecule has 3 nitrogen and oxygen atoms in total. The average molecular weight is 292 g/mol. The summed E-state index contributed by atoms with van der Waals surface area (Å²) >= 11 is 7.62. The molecule has 1 heterocycles. The van der Waals surface area contributed by atoms with Crippen LogP contribution < -0.4 is 0 Å². The van der Waals surface area contributed by atoms with Gasteiger partial charge in [-0.2, -0.15) is 4.31 Å². The highest BCUT2D eigenvalue weighted by atomic mass is 35.5. The Morgan fingerprint density at radius 3 is 2.59 bits per heavy atom. The highest BCUT2D eigenvalue weighted by molar-refractivity contribution is 8.00. The van der Waals surface area contributed by atoms with E-state index in [-0.39, 0.29) is 0 Å². The van der Waals surface area contributed by atoms with Gasteiger partial charge in [0.25, 0.3) is 0 Å². The number of sulfonamides is 1. The van der Waals surface area contributed by atoms with E-state index >= 15 is 0 Å². The maximum Gasteiger partial charge on any atom is 0.244 e. The second-order valence-corrected chi connectivity index (χ2v) is 7.47. The minimum Gasteiger partial charge on any atom is -0.207 e. The van der Waals surface area contributed by atoms with Crippen LogP contribution in [0.2, 0.25) is 5.02 Å². The molecule has 1 saturated heterocycles. The third-order valence-electron chi connectivity index (χ3n) is 2.79. The quantitative estimate of drug-likeness (QED) is 0.841. The molecular weight excluding hydrogens is 278 g/mol. The van der Waals surface area contributed by atoms with Gasteiger partial charge in [0, 0.05) is 17.3 Å². The molecule has 0 unspecified atom stereocenters. The highest BCUT2D eigenvalue weighted by Crippen LogP contribution is 2.28. The van der Waals surface area contributed by atoms with Crippen LogP contribution in [0.4, 0.5) is 0 Å². The van der Waals surface area contributed by atoms with Crippen molar-refractivity contribution in [1.82, 2.24) is 4.31 Å².